The van der Waals surface area contributed by atoms with Crippen LogP contribution in [0.25, 0.3) is 38.8 Å². The van der Waals surface area contributed by atoms with Crippen molar-refractivity contribution in [3.8, 4) is 28.4 Å². The minimum atomic E-state index is 0.0614. The summed E-state index contributed by atoms with van der Waals surface area (Å²) in [6.07, 6.45) is 7.26. The fraction of sp³-hybridized carbons (Fsp3) is 0.196. The minimum absolute atomic E-state index is 0.0614. The summed E-state index contributed by atoms with van der Waals surface area (Å²) < 4.78 is 8.85. The van der Waals surface area contributed by atoms with Gasteiger partial charge in [-0.15, -0.1) is 0 Å². The lowest BCUT2D eigenvalue weighted by Crippen LogP contribution is -2.25. The van der Waals surface area contributed by atoms with E-state index in [0.717, 1.165) is 40.5 Å². The van der Waals surface area contributed by atoms with Crippen LogP contribution in [0.3, 0.4) is 0 Å². The molecule has 0 N–H and O–H groups in total. The van der Waals surface area contributed by atoms with Crippen molar-refractivity contribution in [3.05, 3.63) is 157 Å². The van der Waals surface area contributed by atoms with Crippen LogP contribution in [0.1, 0.15) is 45.7 Å². The van der Waals surface area contributed by atoms with Gasteiger partial charge in [0.1, 0.15) is 17.3 Å². The Balaban J connectivity index is 1.08. The molecule has 254 valence electrons. The number of rotatable bonds is 8. The molecule has 5 nitrogen and oxygen atoms in total. The Kier molecular flexibility index (Phi) is 8.35. The summed E-state index contributed by atoms with van der Waals surface area (Å²) in [6, 6.07) is 45.2. The van der Waals surface area contributed by atoms with Gasteiger partial charge in [0.25, 0.3) is 0 Å². The molecule has 2 aromatic heterocycles. The molecule has 0 radical (unpaired) electrons. The Morgan fingerprint density at radius 1 is 0.686 bits per heavy atom. The fourth-order valence-electron chi connectivity index (χ4n) is 7.15. The number of hydrogen-bond acceptors (Lipinski definition) is 4. The van der Waals surface area contributed by atoms with Crippen molar-refractivity contribution in [2.75, 3.05) is 16.5 Å². The predicted octanol–water partition coefficient (Wildman–Crippen LogP) is 11.9. The van der Waals surface area contributed by atoms with Gasteiger partial charge in [-0.05, 0) is 89.0 Å². The molecule has 0 spiro atoms. The van der Waals surface area contributed by atoms with Gasteiger partial charge in [-0.25, -0.2) is 4.98 Å². The molecule has 8 rings (SSSR count). The van der Waals surface area contributed by atoms with Crippen molar-refractivity contribution in [2.45, 2.75) is 46.5 Å². The zero-order valence-electron chi connectivity index (χ0n) is 30.0. The fourth-order valence-corrected chi connectivity index (χ4v) is 7.15. The van der Waals surface area contributed by atoms with Gasteiger partial charge in [-0.2, -0.15) is 0 Å². The van der Waals surface area contributed by atoms with Crippen LogP contribution in [0.2, 0.25) is 0 Å². The standard InChI is InChI=1S/C46H44N4O/c1-32(2)26-33-22-23-47-45(27-33)50-43-17-10-9-16-39(43)40-20-19-38(30-44(40)50)51-37-15-11-14-36(29-37)48-24-25-49(31-48)42-21-18-35(46(3,4)5)28-41(42)34-12-7-6-8-13-34/h6-25,27-30,32H,26,31H2,1-5H3. The quantitative estimate of drug-likeness (QED) is 0.161. The van der Waals surface area contributed by atoms with Crippen molar-refractivity contribution >= 4 is 33.2 Å². The highest BCUT2D eigenvalue weighted by molar-refractivity contribution is 6.09. The Labute approximate surface area is 301 Å². The lowest BCUT2D eigenvalue weighted by atomic mass is 9.85. The highest BCUT2D eigenvalue weighted by Gasteiger charge is 2.22. The smallest absolute Gasteiger partial charge is 0.137 e. The molecule has 0 saturated carbocycles. The van der Waals surface area contributed by atoms with E-state index in [1.165, 1.54) is 38.7 Å². The maximum atomic E-state index is 6.59. The van der Waals surface area contributed by atoms with E-state index in [1.807, 2.05) is 12.3 Å². The first-order valence-corrected chi connectivity index (χ1v) is 17.9. The largest absolute Gasteiger partial charge is 0.457 e. The maximum Gasteiger partial charge on any atom is 0.137 e. The molecular formula is C46H44N4O. The second-order valence-electron chi connectivity index (χ2n) is 15.0. The van der Waals surface area contributed by atoms with Crippen molar-refractivity contribution in [2.24, 2.45) is 5.92 Å². The molecule has 0 atom stereocenters. The third-order valence-corrected chi connectivity index (χ3v) is 9.70. The molecule has 0 unspecified atom stereocenters. The van der Waals surface area contributed by atoms with Gasteiger partial charge in [0.05, 0.1) is 23.4 Å². The van der Waals surface area contributed by atoms with E-state index in [2.05, 4.69) is 183 Å². The Hall–Kier alpha value is -5.81. The van der Waals surface area contributed by atoms with E-state index in [9.17, 15) is 0 Å². The molecule has 5 heteroatoms. The topological polar surface area (TPSA) is 33.5 Å². The number of aromatic nitrogens is 2. The normalized spacial score (nSPS) is 13.2. The molecule has 1 aliphatic heterocycles. The van der Waals surface area contributed by atoms with Crippen LogP contribution in [-0.2, 0) is 11.8 Å². The molecule has 0 aliphatic carbocycles. The van der Waals surface area contributed by atoms with Gasteiger partial charge in [-0.3, -0.25) is 4.57 Å². The Bertz CT molecular complexity index is 2380. The van der Waals surface area contributed by atoms with Crippen molar-refractivity contribution < 1.29 is 4.74 Å². The third kappa shape index (κ3) is 6.48. The van der Waals surface area contributed by atoms with E-state index < -0.39 is 0 Å². The maximum absolute atomic E-state index is 6.59. The molecule has 0 bridgehead atoms. The van der Waals surface area contributed by atoms with Gasteiger partial charge in [0.15, 0.2) is 0 Å². The molecule has 5 aromatic carbocycles. The number of benzene rings is 5. The minimum Gasteiger partial charge on any atom is -0.457 e. The van der Waals surface area contributed by atoms with E-state index in [0.29, 0.717) is 12.6 Å². The van der Waals surface area contributed by atoms with Crippen LogP contribution >= 0.6 is 0 Å². The highest BCUT2D eigenvalue weighted by Crippen LogP contribution is 2.39. The lowest BCUT2D eigenvalue weighted by molar-refractivity contribution is 0.483. The molecule has 1 aliphatic rings. The number of fused-ring (bicyclic) bond motifs is 3. The molecule has 7 aromatic rings. The van der Waals surface area contributed by atoms with Crippen molar-refractivity contribution in [1.29, 1.82) is 0 Å². The summed E-state index contributed by atoms with van der Waals surface area (Å²) in [7, 11) is 0. The number of nitrogens with zero attached hydrogens (tertiary/aromatic N) is 4. The molecular weight excluding hydrogens is 625 g/mol. The average Bonchev–Trinajstić information content (AvgIpc) is 3.75. The first-order valence-electron chi connectivity index (χ1n) is 17.9. The number of hydrogen-bond donors (Lipinski definition) is 0. The predicted molar refractivity (Wildman–Crippen MR) is 213 cm³/mol. The number of ether oxygens (including phenoxy) is 1. The van der Waals surface area contributed by atoms with Crippen LogP contribution in [0.5, 0.6) is 11.5 Å². The van der Waals surface area contributed by atoms with Crippen molar-refractivity contribution in [3.63, 3.8) is 0 Å². The van der Waals surface area contributed by atoms with E-state index in [4.69, 9.17) is 9.72 Å². The van der Waals surface area contributed by atoms with Gasteiger partial charge in [0, 0.05) is 52.8 Å². The van der Waals surface area contributed by atoms with E-state index in [-0.39, 0.29) is 5.41 Å². The van der Waals surface area contributed by atoms with Gasteiger partial charge in [-0.1, -0.05) is 95.3 Å². The molecule has 51 heavy (non-hydrogen) atoms. The second kappa shape index (κ2) is 13.1. The average molecular weight is 669 g/mol. The Morgan fingerprint density at radius 3 is 2.27 bits per heavy atom. The first kappa shape index (κ1) is 32.4. The lowest BCUT2D eigenvalue weighted by Gasteiger charge is -2.26. The summed E-state index contributed by atoms with van der Waals surface area (Å²) >= 11 is 0. The van der Waals surface area contributed by atoms with Crippen molar-refractivity contribution in [1.82, 2.24) is 9.55 Å². The molecule has 0 amide bonds. The summed E-state index contributed by atoms with van der Waals surface area (Å²) in [5, 5.41) is 2.38. The van der Waals surface area contributed by atoms with Gasteiger partial charge < -0.3 is 14.5 Å². The highest BCUT2D eigenvalue weighted by atomic mass is 16.5. The van der Waals surface area contributed by atoms with Crippen LogP contribution in [-0.4, -0.2) is 16.2 Å². The Morgan fingerprint density at radius 2 is 1.45 bits per heavy atom. The summed E-state index contributed by atoms with van der Waals surface area (Å²) in [4.78, 5) is 9.41. The zero-order valence-corrected chi connectivity index (χ0v) is 30.0. The van der Waals surface area contributed by atoms with Crippen LogP contribution in [0, 0.1) is 5.92 Å². The third-order valence-electron chi connectivity index (χ3n) is 9.70. The monoisotopic (exact) mass is 668 g/mol. The van der Waals surface area contributed by atoms with Gasteiger partial charge in [0.2, 0.25) is 0 Å². The molecule has 3 heterocycles. The zero-order chi connectivity index (χ0) is 35.1. The van der Waals surface area contributed by atoms with E-state index >= 15 is 0 Å². The second-order valence-corrected chi connectivity index (χ2v) is 15.0. The molecule has 0 saturated heterocycles. The van der Waals surface area contributed by atoms with Crippen LogP contribution < -0.4 is 14.5 Å². The van der Waals surface area contributed by atoms with E-state index in [1.54, 1.807) is 0 Å². The summed E-state index contributed by atoms with van der Waals surface area (Å²) in [6.45, 7) is 12.0. The number of para-hydroxylation sites is 1. The summed E-state index contributed by atoms with van der Waals surface area (Å²) in [5.41, 5.74) is 9.60. The SMILES string of the molecule is CC(C)Cc1ccnc(-n2c3ccccc3c3ccc(Oc4cccc(N5C=CN(c6ccc(C(C)(C)C)cc6-c6ccccc6)C5)c4)cc32)c1. The number of pyridine rings is 1. The van der Waals surface area contributed by atoms with Crippen LogP contribution in [0.4, 0.5) is 11.4 Å². The summed E-state index contributed by atoms with van der Waals surface area (Å²) in [5.74, 6) is 3.07. The molecule has 0 fully saturated rings. The number of anilines is 2. The van der Waals surface area contributed by atoms with Crippen LogP contribution in [0.15, 0.2) is 146 Å². The van der Waals surface area contributed by atoms with Gasteiger partial charge >= 0.3 is 0 Å². The first-order chi connectivity index (χ1) is 24.7.